The fourth-order valence-electron chi connectivity index (χ4n) is 3.66. The van der Waals surface area contributed by atoms with Crippen LogP contribution in [-0.2, 0) is 19.7 Å². The van der Waals surface area contributed by atoms with Gasteiger partial charge in [0.05, 0.1) is 21.2 Å². The van der Waals surface area contributed by atoms with Gasteiger partial charge >= 0.3 is 11.2 Å². The Balaban J connectivity index is 1.67. The molecule has 208 valence electrons. The lowest BCUT2D eigenvalue weighted by molar-refractivity contribution is -0.0435. The second kappa shape index (κ2) is 9.67. The Morgan fingerprint density at radius 3 is 2.33 bits per heavy atom. The van der Waals surface area contributed by atoms with Crippen LogP contribution in [0.15, 0.2) is 84.4 Å². The van der Waals surface area contributed by atoms with E-state index >= 15 is 0 Å². The summed E-state index contributed by atoms with van der Waals surface area (Å²) in [4.78, 5) is 20.0. The van der Waals surface area contributed by atoms with E-state index in [9.17, 15) is 34.8 Å². The average molecular weight is 658 g/mol. The highest BCUT2D eigenvalue weighted by Gasteiger charge is 2.47. The van der Waals surface area contributed by atoms with E-state index in [1.807, 2.05) is 0 Å². The number of pyridine rings is 1. The smallest absolute Gasteiger partial charge is 0.435 e. The van der Waals surface area contributed by atoms with E-state index in [2.05, 4.69) is 31.0 Å². The second-order valence-electron chi connectivity index (χ2n) is 8.19. The van der Waals surface area contributed by atoms with E-state index in [0.29, 0.717) is 17.8 Å². The van der Waals surface area contributed by atoms with Gasteiger partial charge in [-0.25, -0.2) is 36.2 Å². The van der Waals surface area contributed by atoms with Crippen LogP contribution in [0.3, 0.4) is 0 Å². The Kier molecular flexibility index (Phi) is 6.70. The molecule has 3 aromatic heterocycles. The summed E-state index contributed by atoms with van der Waals surface area (Å²) in [6.07, 6.45) is 1.24. The maximum Gasteiger partial charge on any atom is 0.501 e. The van der Waals surface area contributed by atoms with Gasteiger partial charge in [-0.15, -0.1) is 0 Å². The van der Waals surface area contributed by atoms with Crippen LogP contribution in [0.25, 0.3) is 34.2 Å². The van der Waals surface area contributed by atoms with Crippen LogP contribution in [0.4, 0.5) is 13.2 Å². The van der Waals surface area contributed by atoms with Gasteiger partial charge in [0.15, 0.2) is 21.2 Å². The summed E-state index contributed by atoms with van der Waals surface area (Å²) in [6, 6.07) is 11.5. The van der Waals surface area contributed by atoms with Crippen LogP contribution in [0, 0.1) is 0 Å². The quantitative estimate of drug-likeness (QED) is 0.263. The fraction of sp³-hybridized carbons (Fsp3) is 0.130. The summed E-state index contributed by atoms with van der Waals surface area (Å²) in [5.41, 5.74) is -6.44. The fourth-order valence-corrected chi connectivity index (χ4v) is 5.72. The third-order valence-corrected chi connectivity index (χ3v) is 9.50. The van der Waals surface area contributed by atoms with Crippen molar-refractivity contribution in [3.63, 3.8) is 0 Å². The highest BCUT2D eigenvalue weighted by atomic mass is 79.9. The van der Waals surface area contributed by atoms with Gasteiger partial charge in [0.25, 0.3) is 9.84 Å². The van der Waals surface area contributed by atoms with Crippen molar-refractivity contribution in [1.29, 1.82) is 0 Å². The van der Waals surface area contributed by atoms with Crippen molar-refractivity contribution in [2.45, 2.75) is 22.2 Å². The normalized spacial score (nSPS) is 12.7. The van der Waals surface area contributed by atoms with Gasteiger partial charge in [-0.2, -0.15) is 23.0 Å². The molecule has 40 heavy (non-hydrogen) atoms. The van der Waals surface area contributed by atoms with Crippen molar-refractivity contribution in [2.24, 2.45) is 0 Å². The monoisotopic (exact) mass is 657 g/mol. The molecule has 0 saturated heterocycles. The van der Waals surface area contributed by atoms with Crippen LogP contribution in [0.5, 0.6) is 0 Å². The standard InChI is InChI=1S/C23H15BrF3N5O6S2/c1-2-39(34,35)18-9-10-19(32-22(33)31(12-28-32)14-5-3-13(24)4-6-14)30-20(18)21-29-16-11-15(7-8-17(16)38-21)40(36,37)23(25,26)27/h3-12H,2H2,1H3. The number of hydrogen-bond acceptors (Lipinski definition) is 9. The largest absolute Gasteiger partial charge is 0.501 e. The molecule has 0 bridgehead atoms. The number of rotatable bonds is 6. The Morgan fingerprint density at radius 2 is 1.68 bits per heavy atom. The van der Waals surface area contributed by atoms with Crippen LogP contribution in [0.2, 0.25) is 0 Å². The number of halogens is 4. The molecule has 0 amide bonds. The van der Waals surface area contributed by atoms with Crippen LogP contribution in [-0.4, -0.2) is 52.4 Å². The SMILES string of the molecule is CCS(=O)(=O)c1ccc(-n2ncn(-c3ccc(Br)cc3)c2=O)nc1-c1nc2cc(S(=O)(=O)C(F)(F)F)ccc2o1. The lowest BCUT2D eigenvalue weighted by atomic mass is 10.3. The molecular weight excluding hydrogens is 643 g/mol. The molecule has 5 rings (SSSR count). The summed E-state index contributed by atoms with van der Waals surface area (Å²) in [5.74, 6) is -0.868. The highest BCUT2D eigenvalue weighted by Crippen LogP contribution is 2.34. The van der Waals surface area contributed by atoms with Gasteiger partial charge in [-0.1, -0.05) is 22.9 Å². The summed E-state index contributed by atoms with van der Waals surface area (Å²) in [7, 11) is -9.61. The van der Waals surface area contributed by atoms with Crippen LogP contribution < -0.4 is 5.69 Å². The molecule has 0 aliphatic rings. The summed E-state index contributed by atoms with van der Waals surface area (Å²) in [5, 5.41) is 4.06. The number of nitrogens with zero attached hydrogens (tertiary/aromatic N) is 5. The Labute approximate surface area is 231 Å². The van der Waals surface area contributed by atoms with Crippen molar-refractivity contribution >= 4 is 46.7 Å². The first-order chi connectivity index (χ1) is 18.7. The van der Waals surface area contributed by atoms with Gasteiger partial charge in [0.1, 0.15) is 17.5 Å². The van der Waals surface area contributed by atoms with Crippen molar-refractivity contribution in [1.82, 2.24) is 24.3 Å². The number of benzene rings is 2. The van der Waals surface area contributed by atoms with Crippen LogP contribution >= 0.6 is 15.9 Å². The van der Waals surface area contributed by atoms with E-state index in [1.165, 1.54) is 30.0 Å². The molecule has 0 fully saturated rings. The van der Waals surface area contributed by atoms with Gasteiger partial charge < -0.3 is 4.42 Å². The zero-order valence-corrected chi connectivity index (χ0v) is 23.2. The molecule has 0 spiro atoms. The summed E-state index contributed by atoms with van der Waals surface area (Å²) >= 11 is 3.31. The lowest BCUT2D eigenvalue weighted by Gasteiger charge is -2.08. The van der Waals surface area contributed by atoms with Gasteiger partial charge in [-0.3, -0.25) is 0 Å². The first-order valence-corrected chi connectivity index (χ1v) is 15.0. The Bertz CT molecular complexity index is 2050. The maximum absolute atomic E-state index is 13.1. The molecule has 0 unspecified atom stereocenters. The van der Waals surface area contributed by atoms with Crippen LogP contribution in [0.1, 0.15) is 6.92 Å². The van der Waals surface area contributed by atoms with E-state index in [4.69, 9.17) is 4.42 Å². The number of fused-ring (bicyclic) bond motifs is 1. The molecule has 17 heteroatoms. The molecule has 0 aliphatic heterocycles. The number of hydrogen-bond donors (Lipinski definition) is 0. The average Bonchev–Trinajstić information content (AvgIpc) is 3.51. The molecule has 0 N–H and O–H groups in total. The topological polar surface area (TPSA) is 147 Å². The van der Waals surface area contributed by atoms with E-state index < -0.39 is 41.7 Å². The minimum Gasteiger partial charge on any atom is -0.435 e. The maximum atomic E-state index is 13.1. The van der Waals surface area contributed by atoms with Gasteiger partial charge in [0.2, 0.25) is 5.89 Å². The van der Waals surface area contributed by atoms with Crippen molar-refractivity contribution in [3.8, 4) is 23.1 Å². The molecule has 5 aromatic rings. The van der Waals surface area contributed by atoms with E-state index in [1.54, 1.807) is 24.3 Å². The number of alkyl halides is 3. The van der Waals surface area contributed by atoms with E-state index in [-0.39, 0.29) is 33.3 Å². The molecule has 0 atom stereocenters. The third kappa shape index (κ3) is 4.73. The molecule has 3 heterocycles. The predicted octanol–water partition coefficient (Wildman–Crippen LogP) is 4.08. The molecule has 0 saturated carbocycles. The summed E-state index contributed by atoms with van der Waals surface area (Å²) in [6.45, 7) is 1.39. The molecular formula is C23H15BrF3N5O6S2. The zero-order chi connectivity index (χ0) is 29.0. The van der Waals surface area contributed by atoms with Crippen molar-refractivity contribution in [2.75, 3.05) is 5.75 Å². The van der Waals surface area contributed by atoms with Gasteiger partial charge in [0, 0.05) is 4.47 Å². The minimum atomic E-state index is -5.67. The van der Waals surface area contributed by atoms with E-state index in [0.717, 1.165) is 15.2 Å². The molecule has 2 aromatic carbocycles. The predicted molar refractivity (Wildman–Crippen MR) is 139 cm³/mol. The van der Waals surface area contributed by atoms with Gasteiger partial charge in [-0.05, 0) is 54.6 Å². The minimum absolute atomic E-state index is 0.103. The van der Waals surface area contributed by atoms with Crippen molar-refractivity contribution < 1.29 is 34.4 Å². The highest BCUT2D eigenvalue weighted by molar-refractivity contribution is 9.10. The lowest BCUT2D eigenvalue weighted by Crippen LogP contribution is -2.23. The zero-order valence-electron chi connectivity index (χ0n) is 20.0. The second-order valence-corrected chi connectivity index (χ2v) is 13.3. The first kappa shape index (κ1) is 27.7. The summed E-state index contributed by atoms with van der Waals surface area (Å²) < 4.78 is 96.9. The number of oxazole rings is 1. The molecule has 11 nitrogen and oxygen atoms in total. The Morgan fingerprint density at radius 1 is 0.975 bits per heavy atom. The molecule has 0 aliphatic carbocycles. The third-order valence-electron chi connectivity index (χ3n) is 5.73. The first-order valence-electron chi connectivity index (χ1n) is 11.1. The van der Waals surface area contributed by atoms with Crippen molar-refractivity contribution in [3.05, 3.63) is 75.9 Å². The molecule has 0 radical (unpaired) electrons. The Hall–Kier alpha value is -3.83. The number of sulfone groups is 2. The number of aromatic nitrogens is 5.